The minimum absolute atomic E-state index is 0.0665. The molecule has 3 rings (SSSR count). The first kappa shape index (κ1) is 16.8. The van der Waals surface area contributed by atoms with E-state index in [0.717, 1.165) is 0 Å². The van der Waals surface area contributed by atoms with Crippen LogP contribution in [0.1, 0.15) is 5.69 Å². The molecule has 0 bridgehead atoms. The van der Waals surface area contributed by atoms with Gasteiger partial charge in [0.15, 0.2) is 11.5 Å². The summed E-state index contributed by atoms with van der Waals surface area (Å²) < 4.78 is 36.9. The summed E-state index contributed by atoms with van der Waals surface area (Å²) in [6, 6.07) is 3.87. The zero-order chi connectivity index (χ0) is 17.3. The molecule has 1 aromatic carbocycles. The summed E-state index contributed by atoms with van der Waals surface area (Å²) in [4.78, 5) is 4.12. The molecule has 1 saturated heterocycles. The maximum Gasteiger partial charge on any atom is 0.202 e. The maximum atomic E-state index is 13.3. The number of hydroxylamine groups is 1. The average Bonchev–Trinajstić information content (AvgIpc) is 2.94. The minimum Gasteiger partial charge on any atom is -0.361 e. The highest BCUT2D eigenvalue weighted by Gasteiger charge is 2.32. The van der Waals surface area contributed by atoms with Crippen LogP contribution >= 0.6 is 15.9 Å². The predicted molar refractivity (Wildman–Crippen MR) is 87.5 cm³/mol. The number of nitrogens with one attached hydrogen (secondary N) is 3. The van der Waals surface area contributed by atoms with E-state index >= 15 is 0 Å². The lowest BCUT2D eigenvalue weighted by Gasteiger charge is -2.28. The number of amidine groups is 1. The van der Waals surface area contributed by atoms with Crippen molar-refractivity contribution in [3.05, 3.63) is 34.2 Å². The Morgan fingerprint density at radius 1 is 1.50 bits per heavy atom. The molecule has 24 heavy (non-hydrogen) atoms. The molecule has 0 spiro atoms. The number of rotatable bonds is 4. The van der Waals surface area contributed by atoms with Crippen molar-refractivity contribution >= 4 is 43.0 Å². The molecule has 1 aliphatic heterocycles. The Morgan fingerprint density at radius 3 is 2.88 bits per heavy atom. The maximum absolute atomic E-state index is 13.3. The zero-order valence-electron chi connectivity index (χ0n) is 12.0. The highest BCUT2D eigenvalue weighted by molar-refractivity contribution is 9.10. The Balaban J connectivity index is 1.85. The van der Waals surface area contributed by atoms with Crippen LogP contribution < -0.4 is 10.8 Å². The SMILES string of the molecule is N=S1(=O)CC(Nc2nonc2C(=Nc2ccc(F)c(Br)c2)NO)C1. The molecule has 0 radical (unpaired) electrons. The Labute approximate surface area is 144 Å². The smallest absolute Gasteiger partial charge is 0.202 e. The average molecular weight is 419 g/mol. The number of hydrogen-bond acceptors (Lipinski definition) is 8. The van der Waals surface area contributed by atoms with Crippen LogP contribution in [0.3, 0.4) is 0 Å². The number of anilines is 1. The van der Waals surface area contributed by atoms with Crippen LogP contribution in [0, 0.1) is 10.6 Å². The van der Waals surface area contributed by atoms with Crippen molar-refractivity contribution < 1.29 is 18.4 Å². The van der Waals surface area contributed by atoms with E-state index in [1.807, 2.05) is 5.48 Å². The largest absolute Gasteiger partial charge is 0.361 e. The lowest BCUT2D eigenvalue weighted by Crippen LogP contribution is -2.46. The third-order valence-corrected chi connectivity index (χ3v) is 5.73. The number of aromatic nitrogens is 2. The van der Waals surface area contributed by atoms with Crippen LogP contribution in [0.5, 0.6) is 0 Å². The van der Waals surface area contributed by atoms with Crippen molar-refractivity contribution in [2.45, 2.75) is 6.04 Å². The molecular weight excluding hydrogens is 407 g/mol. The van der Waals surface area contributed by atoms with Crippen molar-refractivity contribution in [2.24, 2.45) is 4.99 Å². The second kappa shape index (κ2) is 6.45. The van der Waals surface area contributed by atoms with Crippen molar-refractivity contribution in [3.63, 3.8) is 0 Å². The summed E-state index contributed by atoms with van der Waals surface area (Å²) in [5.74, 6) is 0.0772. The Morgan fingerprint density at radius 2 is 2.25 bits per heavy atom. The number of benzene rings is 1. The minimum atomic E-state index is -2.51. The molecule has 9 nitrogen and oxygen atoms in total. The van der Waals surface area contributed by atoms with E-state index in [-0.39, 0.29) is 39.4 Å². The standard InChI is InChI=1S/C12H12BrFN6O3S/c13-8-3-6(1-2-9(8)14)16-11(18-21)10-12(20-23-19-10)17-7-4-24(15,22)5-7/h1-3,7,15,21H,4-5H2,(H,16,18)(H,17,20). The van der Waals surface area contributed by atoms with Crippen molar-refractivity contribution in [1.29, 1.82) is 4.78 Å². The van der Waals surface area contributed by atoms with Crippen LogP contribution in [0.2, 0.25) is 0 Å². The summed E-state index contributed by atoms with van der Waals surface area (Å²) in [5.41, 5.74) is 2.35. The van der Waals surface area contributed by atoms with Gasteiger partial charge in [-0.3, -0.25) is 15.5 Å². The van der Waals surface area contributed by atoms with Crippen LogP contribution in [0.25, 0.3) is 0 Å². The number of halogens is 2. The fraction of sp³-hybridized carbons (Fsp3) is 0.250. The Hall–Kier alpha value is -2.05. The number of nitrogens with zero attached hydrogens (tertiary/aromatic N) is 3. The third kappa shape index (κ3) is 3.55. The summed E-state index contributed by atoms with van der Waals surface area (Å²) >= 11 is 3.05. The molecule has 128 valence electrons. The molecule has 1 aromatic heterocycles. The molecule has 1 aliphatic rings. The van der Waals surface area contributed by atoms with Gasteiger partial charge in [0.2, 0.25) is 5.82 Å². The van der Waals surface area contributed by atoms with Gasteiger partial charge in [0.05, 0.1) is 27.7 Å². The van der Waals surface area contributed by atoms with Crippen LogP contribution in [0.4, 0.5) is 15.9 Å². The molecule has 2 heterocycles. The van der Waals surface area contributed by atoms with Gasteiger partial charge in [0, 0.05) is 9.73 Å². The van der Waals surface area contributed by atoms with Gasteiger partial charge in [-0.05, 0) is 44.4 Å². The summed E-state index contributed by atoms with van der Waals surface area (Å²) in [7, 11) is -2.51. The van der Waals surface area contributed by atoms with E-state index in [0.29, 0.717) is 5.69 Å². The molecule has 4 N–H and O–H groups in total. The van der Waals surface area contributed by atoms with E-state index in [1.165, 1.54) is 18.2 Å². The molecule has 1 fully saturated rings. The van der Waals surface area contributed by atoms with Gasteiger partial charge in [0.25, 0.3) is 0 Å². The van der Waals surface area contributed by atoms with Crippen LogP contribution in [0.15, 0.2) is 32.3 Å². The highest BCUT2D eigenvalue weighted by Crippen LogP contribution is 2.24. The molecule has 2 aromatic rings. The third-order valence-electron chi connectivity index (χ3n) is 3.24. The fourth-order valence-corrected chi connectivity index (χ4v) is 3.87. The summed E-state index contributed by atoms with van der Waals surface area (Å²) in [5, 5.41) is 19.6. The molecule has 0 saturated carbocycles. The molecular formula is C12H12BrFN6O3S. The van der Waals surface area contributed by atoms with E-state index in [2.05, 4.69) is 41.2 Å². The van der Waals surface area contributed by atoms with E-state index in [4.69, 9.17) is 4.78 Å². The van der Waals surface area contributed by atoms with Crippen LogP contribution in [-0.4, -0.2) is 43.1 Å². The number of hydrogen-bond donors (Lipinski definition) is 4. The van der Waals surface area contributed by atoms with Gasteiger partial charge >= 0.3 is 0 Å². The second-order valence-electron chi connectivity index (χ2n) is 5.12. The molecule has 12 heteroatoms. The van der Waals surface area contributed by atoms with E-state index in [1.54, 1.807) is 0 Å². The second-order valence-corrected chi connectivity index (χ2v) is 8.26. The lowest BCUT2D eigenvalue weighted by atomic mass is 10.3. The predicted octanol–water partition coefficient (Wildman–Crippen LogP) is 1.87. The molecule has 0 atom stereocenters. The highest BCUT2D eigenvalue weighted by atomic mass is 79.9. The summed E-state index contributed by atoms with van der Waals surface area (Å²) in [6.45, 7) is 0. The topological polar surface area (TPSA) is 136 Å². The Bertz CT molecular complexity index is 888. The first-order valence-corrected chi connectivity index (χ1v) is 9.34. The van der Waals surface area contributed by atoms with Crippen molar-refractivity contribution in [2.75, 3.05) is 16.8 Å². The quantitative estimate of drug-likeness (QED) is 0.337. The van der Waals surface area contributed by atoms with Gasteiger partial charge in [-0.15, -0.1) is 0 Å². The molecule has 0 amide bonds. The Kier molecular flexibility index (Phi) is 4.51. The first-order valence-electron chi connectivity index (χ1n) is 6.65. The van der Waals surface area contributed by atoms with Gasteiger partial charge < -0.3 is 5.32 Å². The van der Waals surface area contributed by atoms with E-state index in [9.17, 15) is 13.8 Å². The number of aliphatic imine (C=N–C) groups is 1. The van der Waals surface area contributed by atoms with Crippen molar-refractivity contribution in [3.8, 4) is 0 Å². The monoisotopic (exact) mass is 418 g/mol. The van der Waals surface area contributed by atoms with Gasteiger partial charge in [-0.25, -0.2) is 18.2 Å². The summed E-state index contributed by atoms with van der Waals surface area (Å²) in [6.07, 6.45) is 0. The lowest BCUT2D eigenvalue weighted by molar-refractivity contribution is 0.234. The first-order chi connectivity index (χ1) is 11.4. The van der Waals surface area contributed by atoms with E-state index < -0.39 is 15.5 Å². The van der Waals surface area contributed by atoms with Gasteiger partial charge in [0.1, 0.15) is 5.82 Å². The normalized spacial score (nSPS) is 23.6. The van der Waals surface area contributed by atoms with Crippen LogP contribution in [-0.2, 0) is 9.73 Å². The van der Waals surface area contributed by atoms with Gasteiger partial charge in [-0.2, -0.15) is 0 Å². The van der Waals surface area contributed by atoms with Crippen molar-refractivity contribution in [1.82, 2.24) is 15.8 Å². The fourth-order valence-electron chi connectivity index (χ4n) is 2.13. The molecule has 0 aliphatic carbocycles. The zero-order valence-corrected chi connectivity index (χ0v) is 14.4. The van der Waals surface area contributed by atoms with Gasteiger partial charge in [-0.1, -0.05) is 0 Å². The molecule has 0 unspecified atom stereocenters.